The van der Waals surface area contributed by atoms with E-state index in [4.69, 9.17) is 0 Å². The monoisotopic (exact) mass is 1280 g/mol. The van der Waals surface area contributed by atoms with Gasteiger partial charge in [0.1, 0.15) is 0 Å². The largest absolute Gasteiger partial charge is 0.358 e. The van der Waals surface area contributed by atoms with Gasteiger partial charge in [-0.15, -0.1) is 0 Å². The third-order valence-electron chi connectivity index (χ3n) is 16.3. The molecule has 6 nitrogen and oxygen atoms in total. The van der Waals surface area contributed by atoms with Crippen LogP contribution in [0.2, 0.25) is 0 Å². The average molecular weight is 1280 g/mol. The molecule has 0 bridgehead atoms. The molecule has 0 fully saturated rings. The Kier molecular flexibility index (Phi) is 24.4. The second-order valence-corrected chi connectivity index (χ2v) is 22.6. The molecular weight excluding hydrogens is 1200 g/mol. The first kappa shape index (κ1) is 68.9. The first-order valence-corrected chi connectivity index (χ1v) is 32.4. The fraction of sp³-hybridized carbons (Fsp3) is 0. The van der Waals surface area contributed by atoms with Crippen molar-refractivity contribution in [3.05, 3.63) is 459 Å². The highest BCUT2D eigenvalue weighted by Gasteiger charge is 2.24. The SMILES string of the molecule is C1=CC(=[N+](c2ccccc2)c2ccccc2)C=CC1=[N+](c1ccccc1)c1ccccc1.[CH3-].[CH3-].[CH3-].c1ccc(N(c2ccccc2)c2ccc(N(c3ccccc3)c3ccccc3)cc2)cc1.c1ccc(N(c2ccccc2)c2ccc(N(c3ccccc3)c3ccccc3)cc2)cc1. The summed E-state index contributed by atoms with van der Waals surface area (Å²) in [5.74, 6) is 0. The van der Waals surface area contributed by atoms with E-state index in [-0.39, 0.29) is 22.3 Å². The minimum absolute atomic E-state index is 0. The smallest absolute Gasteiger partial charge is 0.212 e. The van der Waals surface area contributed by atoms with E-state index in [9.17, 15) is 0 Å². The van der Waals surface area contributed by atoms with Crippen LogP contribution in [0.1, 0.15) is 0 Å². The highest BCUT2D eigenvalue weighted by molar-refractivity contribution is 6.20. The van der Waals surface area contributed by atoms with Gasteiger partial charge in [0.2, 0.25) is 34.2 Å². The van der Waals surface area contributed by atoms with Gasteiger partial charge in [0.05, 0.1) is 0 Å². The zero-order valence-electron chi connectivity index (χ0n) is 56.3. The number of anilines is 12. The van der Waals surface area contributed by atoms with Gasteiger partial charge in [0.15, 0.2) is 0 Å². The van der Waals surface area contributed by atoms with Gasteiger partial charge in [-0.2, -0.15) is 9.15 Å². The maximum Gasteiger partial charge on any atom is 0.212 e. The van der Waals surface area contributed by atoms with Crippen LogP contribution in [0.3, 0.4) is 0 Å². The van der Waals surface area contributed by atoms with Gasteiger partial charge in [0.25, 0.3) is 0 Å². The first-order valence-electron chi connectivity index (χ1n) is 32.4. The van der Waals surface area contributed by atoms with Crippen molar-refractivity contribution in [3.63, 3.8) is 0 Å². The summed E-state index contributed by atoms with van der Waals surface area (Å²) in [7, 11) is 0. The fourth-order valence-electron chi connectivity index (χ4n) is 11.9. The molecule has 0 heterocycles. The van der Waals surface area contributed by atoms with Crippen LogP contribution in [0.15, 0.2) is 437 Å². The predicted molar refractivity (Wildman–Crippen MR) is 428 cm³/mol. The molecule has 0 aromatic heterocycles. The lowest BCUT2D eigenvalue weighted by atomic mass is 10.1. The van der Waals surface area contributed by atoms with Crippen molar-refractivity contribution in [2.75, 3.05) is 19.6 Å². The molecule has 0 unspecified atom stereocenters. The summed E-state index contributed by atoms with van der Waals surface area (Å²) in [4.78, 5) is 9.11. The van der Waals surface area contributed by atoms with Crippen LogP contribution in [0.4, 0.5) is 91.0 Å². The highest BCUT2D eigenvalue weighted by Crippen LogP contribution is 2.41. The molecule has 484 valence electrons. The summed E-state index contributed by atoms with van der Waals surface area (Å²) in [5.41, 5.74) is 20.3. The summed E-state index contributed by atoms with van der Waals surface area (Å²) in [6.07, 6.45) is 8.75. The number of hydrogen-bond acceptors (Lipinski definition) is 4. The van der Waals surface area contributed by atoms with E-state index in [1.807, 2.05) is 72.8 Å². The van der Waals surface area contributed by atoms with Gasteiger partial charge in [-0.1, -0.05) is 218 Å². The summed E-state index contributed by atoms with van der Waals surface area (Å²) in [6, 6.07) is 143. The van der Waals surface area contributed by atoms with E-state index in [0.29, 0.717) is 0 Å². The Morgan fingerprint density at radius 3 is 0.374 bits per heavy atom. The van der Waals surface area contributed by atoms with E-state index < -0.39 is 0 Å². The van der Waals surface area contributed by atoms with Crippen molar-refractivity contribution in [2.45, 2.75) is 0 Å². The van der Waals surface area contributed by atoms with Crippen molar-refractivity contribution in [1.82, 2.24) is 9.15 Å². The first-order chi connectivity index (χ1) is 47.7. The second kappa shape index (κ2) is 35.0. The summed E-state index contributed by atoms with van der Waals surface area (Å²) < 4.78 is 4.55. The number of hydrogen-bond donors (Lipinski definition) is 0. The van der Waals surface area contributed by atoms with E-state index in [2.05, 4.69) is 393 Å². The minimum Gasteiger partial charge on any atom is -0.358 e. The Labute approximate surface area is 586 Å². The van der Waals surface area contributed by atoms with Crippen molar-refractivity contribution < 1.29 is 0 Å². The topological polar surface area (TPSA) is 19.0 Å². The standard InChI is InChI=1S/3C30H24N2.3CH3/c3*1-5-13-25(14-6-1)31(26-15-7-2-8-16-26)29-21-23-30(24-22-29)32(27-17-9-3-10-18-27)28-19-11-4-12-20-28;;;/h3*1-24H;3*1H3/q;;+2;3*-1. The van der Waals surface area contributed by atoms with Crippen LogP contribution in [0.5, 0.6) is 0 Å². The molecule has 1 aliphatic rings. The molecule has 0 amide bonds. The van der Waals surface area contributed by atoms with Crippen molar-refractivity contribution in [1.29, 1.82) is 0 Å². The minimum atomic E-state index is 0. The fourth-order valence-corrected chi connectivity index (χ4v) is 11.9. The lowest BCUT2D eigenvalue weighted by Gasteiger charge is -2.28. The molecule has 0 saturated carbocycles. The van der Waals surface area contributed by atoms with Crippen LogP contribution < -0.4 is 28.8 Å². The van der Waals surface area contributed by atoms with Crippen LogP contribution in [-0.4, -0.2) is 11.4 Å². The van der Waals surface area contributed by atoms with Crippen molar-refractivity contribution in [3.8, 4) is 0 Å². The average Bonchev–Trinajstić information content (AvgIpc) is 0.825. The van der Waals surface area contributed by atoms with Gasteiger partial charge in [-0.3, -0.25) is 0 Å². The zero-order chi connectivity index (χ0) is 64.8. The number of para-hydroxylation sites is 12. The van der Waals surface area contributed by atoms with Crippen LogP contribution in [0, 0.1) is 22.3 Å². The number of nitrogens with zero attached hydrogens (tertiary/aromatic N) is 6. The Morgan fingerprint density at radius 2 is 0.242 bits per heavy atom. The molecule has 0 N–H and O–H groups in total. The molecule has 0 radical (unpaired) electrons. The molecule has 14 aromatic rings. The van der Waals surface area contributed by atoms with Gasteiger partial charge >= 0.3 is 0 Å². The van der Waals surface area contributed by atoms with Crippen LogP contribution in [0.25, 0.3) is 0 Å². The maximum atomic E-state index is 2.28. The summed E-state index contributed by atoms with van der Waals surface area (Å²) in [5, 5.41) is 0. The third kappa shape index (κ3) is 17.2. The zero-order valence-corrected chi connectivity index (χ0v) is 56.3. The molecular formula is C93H81N6-. The van der Waals surface area contributed by atoms with Crippen LogP contribution in [-0.2, 0) is 0 Å². The van der Waals surface area contributed by atoms with Crippen LogP contribution >= 0.6 is 0 Å². The molecule has 0 atom stereocenters. The highest BCUT2D eigenvalue weighted by atomic mass is 15.2. The van der Waals surface area contributed by atoms with Gasteiger partial charge in [-0.05, 0) is 146 Å². The van der Waals surface area contributed by atoms with E-state index in [0.717, 1.165) is 102 Å². The summed E-state index contributed by atoms with van der Waals surface area (Å²) in [6.45, 7) is 0. The van der Waals surface area contributed by atoms with E-state index in [1.165, 1.54) is 0 Å². The normalized spacial score (nSPS) is 10.9. The number of allylic oxidation sites excluding steroid dienone is 4. The molecule has 99 heavy (non-hydrogen) atoms. The Bertz CT molecular complexity index is 4000. The van der Waals surface area contributed by atoms with Gasteiger partial charge in [0, 0.05) is 141 Å². The maximum absolute atomic E-state index is 2.28. The second-order valence-electron chi connectivity index (χ2n) is 22.6. The molecule has 0 aliphatic heterocycles. The molecule has 6 heteroatoms. The molecule has 0 saturated heterocycles. The number of rotatable bonds is 16. The molecule has 0 spiro atoms. The predicted octanol–water partition coefficient (Wildman–Crippen LogP) is 25.7. The molecule has 1 aliphatic carbocycles. The van der Waals surface area contributed by atoms with Gasteiger partial charge in [-0.25, -0.2) is 0 Å². The quantitative estimate of drug-likeness (QED) is 0.0545. The third-order valence-corrected chi connectivity index (χ3v) is 16.3. The Hall–Kier alpha value is -12.9. The number of benzene rings is 14. The Morgan fingerprint density at radius 1 is 0.131 bits per heavy atom. The van der Waals surface area contributed by atoms with E-state index in [1.54, 1.807) is 0 Å². The lowest BCUT2D eigenvalue weighted by molar-refractivity contribution is 1.08. The summed E-state index contributed by atoms with van der Waals surface area (Å²) >= 11 is 0. The lowest BCUT2D eigenvalue weighted by Crippen LogP contribution is -2.20. The molecule has 15 rings (SSSR count). The Balaban J connectivity index is 0.000000158. The van der Waals surface area contributed by atoms with E-state index >= 15 is 0 Å². The van der Waals surface area contributed by atoms with Gasteiger partial charge < -0.3 is 41.9 Å². The molecule has 14 aromatic carbocycles. The van der Waals surface area contributed by atoms with Crippen molar-refractivity contribution >= 4 is 102 Å². The van der Waals surface area contributed by atoms with Crippen molar-refractivity contribution in [2.24, 2.45) is 0 Å².